The van der Waals surface area contributed by atoms with Gasteiger partial charge in [-0.25, -0.2) is 4.98 Å². The lowest BCUT2D eigenvalue weighted by molar-refractivity contribution is -0.202. The quantitative estimate of drug-likeness (QED) is 0.303. The number of aliphatic hydroxyl groups excluding tert-OH is 1. The van der Waals surface area contributed by atoms with Crippen LogP contribution in [0.2, 0.25) is 10.0 Å². The van der Waals surface area contributed by atoms with E-state index in [9.17, 15) is 18.3 Å². The Morgan fingerprint density at radius 3 is 2.54 bits per heavy atom. The van der Waals surface area contributed by atoms with Crippen LogP contribution in [0.5, 0.6) is 0 Å². The Morgan fingerprint density at radius 1 is 1.10 bits per heavy atom. The largest absolute Gasteiger partial charge is 0.415 e. The number of aromatic nitrogens is 2. The summed E-state index contributed by atoms with van der Waals surface area (Å²) in [6.07, 6.45) is 0.630. The van der Waals surface area contributed by atoms with Gasteiger partial charge in [0.25, 0.3) is 0 Å². The number of alkyl halides is 3. The van der Waals surface area contributed by atoms with E-state index >= 15 is 0 Å². The van der Waals surface area contributed by atoms with Crippen LogP contribution in [0.1, 0.15) is 58.1 Å². The molecule has 39 heavy (non-hydrogen) atoms. The fraction of sp³-hybridized carbons (Fsp3) is 0.643. The van der Waals surface area contributed by atoms with Gasteiger partial charge in [-0.3, -0.25) is 4.98 Å². The number of halogens is 5. The zero-order valence-corrected chi connectivity index (χ0v) is 23.8. The minimum Gasteiger partial charge on any atom is -0.382 e. The Labute approximate surface area is 238 Å². The third-order valence-electron chi connectivity index (χ3n) is 7.71. The van der Waals surface area contributed by atoms with Crippen LogP contribution in [0.3, 0.4) is 0 Å². The van der Waals surface area contributed by atoms with E-state index in [1.807, 2.05) is 18.2 Å². The molecule has 216 valence electrons. The second kappa shape index (κ2) is 12.9. The standard InChI is InChI=1S/C28H37Cl2F3N4O2/c1-27(2)13-18(9-10-39-27)14-36-25-8-7-22(29)26(37-25)21-12-20(34-15-23(21)30)11-17-3-5-19(6-4-17)35-16-24(38)28(31,32)33/h7-8,12,15,17-19,24,35,38H,3-6,9-11,13-14,16H2,1-2H3,(H,36,37)/t17?,18?,19?,24-/m0/s1. The average molecular weight is 590 g/mol. The van der Waals surface area contributed by atoms with Crippen LogP contribution in [0.4, 0.5) is 19.0 Å². The minimum absolute atomic E-state index is 0.0301. The molecule has 0 radical (unpaired) electrons. The lowest BCUT2D eigenvalue weighted by atomic mass is 9.83. The van der Waals surface area contributed by atoms with Crippen LogP contribution < -0.4 is 10.6 Å². The minimum atomic E-state index is -4.60. The van der Waals surface area contributed by atoms with Crippen molar-refractivity contribution < 1.29 is 23.0 Å². The molecule has 2 aliphatic rings. The molecule has 1 saturated carbocycles. The van der Waals surface area contributed by atoms with Crippen molar-refractivity contribution in [2.24, 2.45) is 11.8 Å². The summed E-state index contributed by atoms with van der Waals surface area (Å²) < 4.78 is 43.5. The molecular formula is C28H37Cl2F3N4O2. The molecule has 2 atom stereocenters. The molecule has 6 nitrogen and oxygen atoms in total. The predicted molar refractivity (Wildman–Crippen MR) is 148 cm³/mol. The summed E-state index contributed by atoms with van der Waals surface area (Å²) in [5.41, 5.74) is 2.08. The molecule has 3 N–H and O–H groups in total. The number of nitrogens with one attached hydrogen (secondary N) is 2. The van der Waals surface area contributed by atoms with Gasteiger partial charge in [-0.05, 0) is 88.8 Å². The molecule has 2 aromatic rings. The second-order valence-electron chi connectivity index (χ2n) is 11.4. The van der Waals surface area contributed by atoms with Crippen LogP contribution in [-0.4, -0.2) is 58.7 Å². The molecule has 0 bridgehead atoms. The SMILES string of the molecule is CC1(C)CC(CNc2ccc(Cl)c(-c3cc(CC4CCC(NC[C@H](O)C(F)(F)F)CC4)ncc3Cl)n2)CCO1. The maximum Gasteiger partial charge on any atom is 0.415 e. The first kappa shape index (κ1) is 30.3. The first-order valence-electron chi connectivity index (χ1n) is 13.6. The fourth-order valence-corrected chi connectivity index (χ4v) is 5.95. The highest BCUT2D eigenvalue weighted by Gasteiger charge is 2.38. The summed E-state index contributed by atoms with van der Waals surface area (Å²) in [4.78, 5) is 9.30. The van der Waals surface area contributed by atoms with E-state index in [0.29, 0.717) is 27.6 Å². The van der Waals surface area contributed by atoms with Gasteiger partial charge in [0, 0.05) is 43.2 Å². The number of rotatable bonds is 9. The molecule has 11 heteroatoms. The highest BCUT2D eigenvalue weighted by Crippen LogP contribution is 2.35. The first-order valence-corrected chi connectivity index (χ1v) is 14.3. The van der Waals surface area contributed by atoms with Crippen molar-refractivity contribution in [3.63, 3.8) is 0 Å². The van der Waals surface area contributed by atoms with Gasteiger partial charge < -0.3 is 20.5 Å². The van der Waals surface area contributed by atoms with Gasteiger partial charge in [-0.15, -0.1) is 0 Å². The Bertz CT molecular complexity index is 1110. The van der Waals surface area contributed by atoms with Gasteiger partial charge in [0.1, 0.15) is 5.82 Å². The van der Waals surface area contributed by atoms with Crippen molar-refractivity contribution in [1.82, 2.24) is 15.3 Å². The van der Waals surface area contributed by atoms with Gasteiger partial charge in [0.2, 0.25) is 0 Å². The summed E-state index contributed by atoms with van der Waals surface area (Å²) >= 11 is 13.1. The summed E-state index contributed by atoms with van der Waals surface area (Å²) in [5.74, 6) is 1.58. The van der Waals surface area contributed by atoms with Crippen molar-refractivity contribution in [1.29, 1.82) is 0 Å². The normalized spacial score (nSPS) is 24.4. The Hall–Kier alpha value is -1.65. The number of aliphatic hydroxyl groups is 1. The number of pyridine rings is 2. The van der Waals surface area contributed by atoms with Crippen LogP contribution in [0.15, 0.2) is 24.4 Å². The average Bonchev–Trinajstić information content (AvgIpc) is 2.88. The number of ether oxygens (including phenoxy) is 1. The zero-order chi connectivity index (χ0) is 28.2. The summed E-state index contributed by atoms with van der Waals surface area (Å²) in [7, 11) is 0. The zero-order valence-electron chi connectivity index (χ0n) is 22.3. The smallest absolute Gasteiger partial charge is 0.382 e. The summed E-state index contributed by atoms with van der Waals surface area (Å²) in [5, 5.41) is 16.5. The highest BCUT2D eigenvalue weighted by atomic mass is 35.5. The predicted octanol–water partition coefficient (Wildman–Crippen LogP) is 6.68. The number of hydrogen-bond acceptors (Lipinski definition) is 6. The molecule has 1 aliphatic carbocycles. The second-order valence-corrected chi connectivity index (χ2v) is 12.2. The van der Waals surface area contributed by atoms with Gasteiger partial charge in [-0.2, -0.15) is 13.2 Å². The highest BCUT2D eigenvalue weighted by molar-refractivity contribution is 6.36. The third kappa shape index (κ3) is 8.67. The molecule has 1 saturated heterocycles. The van der Waals surface area contributed by atoms with Crippen LogP contribution in [0.25, 0.3) is 11.3 Å². The summed E-state index contributed by atoms with van der Waals surface area (Å²) in [6, 6.07) is 5.59. The van der Waals surface area contributed by atoms with Crippen molar-refractivity contribution in [2.45, 2.75) is 82.7 Å². The number of hydrogen-bond donors (Lipinski definition) is 3. The van der Waals surface area contributed by atoms with Crippen LogP contribution >= 0.6 is 23.2 Å². The number of anilines is 1. The van der Waals surface area contributed by atoms with E-state index in [2.05, 4.69) is 29.5 Å². The van der Waals surface area contributed by atoms with Crippen molar-refractivity contribution in [3.8, 4) is 11.3 Å². The Kier molecular flexibility index (Phi) is 10.0. The Morgan fingerprint density at radius 2 is 1.85 bits per heavy atom. The number of nitrogens with zero attached hydrogens (tertiary/aromatic N) is 2. The molecule has 1 unspecified atom stereocenters. The molecule has 4 rings (SSSR count). The van der Waals surface area contributed by atoms with E-state index in [4.69, 9.17) is 32.9 Å². The van der Waals surface area contributed by atoms with Crippen molar-refractivity contribution >= 4 is 29.0 Å². The van der Waals surface area contributed by atoms with E-state index in [-0.39, 0.29) is 11.6 Å². The molecule has 1 aliphatic heterocycles. The molecule has 2 fully saturated rings. The molecule has 2 aromatic heterocycles. The van der Waals surface area contributed by atoms with Crippen LogP contribution in [-0.2, 0) is 11.2 Å². The summed E-state index contributed by atoms with van der Waals surface area (Å²) in [6.45, 7) is 5.31. The van der Waals surface area contributed by atoms with E-state index in [1.54, 1.807) is 6.20 Å². The van der Waals surface area contributed by atoms with Gasteiger partial charge in [0.15, 0.2) is 6.10 Å². The maximum absolute atomic E-state index is 12.6. The maximum atomic E-state index is 12.6. The van der Waals surface area contributed by atoms with E-state index in [1.165, 1.54) is 0 Å². The third-order valence-corrected chi connectivity index (χ3v) is 8.31. The first-order chi connectivity index (χ1) is 18.4. The molecule has 0 aromatic carbocycles. The van der Waals surface area contributed by atoms with E-state index < -0.39 is 18.8 Å². The fourth-order valence-electron chi connectivity index (χ4n) is 5.55. The monoisotopic (exact) mass is 588 g/mol. The molecule has 0 amide bonds. The van der Waals surface area contributed by atoms with Gasteiger partial charge in [-0.1, -0.05) is 23.2 Å². The molecule has 3 heterocycles. The van der Waals surface area contributed by atoms with Crippen molar-refractivity contribution in [2.75, 3.05) is 25.0 Å². The molecule has 0 spiro atoms. The van der Waals surface area contributed by atoms with Crippen molar-refractivity contribution in [3.05, 3.63) is 40.1 Å². The lowest BCUT2D eigenvalue weighted by Gasteiger charge is -2.35. The van der Waals surface area contributed by atoms with Crippen LogP contribution in [0, 0.1) is 11.8 Å². The molecular weight excluding hydrogens is 552 g/mol. The lowest BCUT2D eigenvalue weighted by Crippen LogP contribution is -2.43. The van der Waals surface area contributed by atoms with Gasteiger partial charge >= 0.3 is 6.18 Å². The Balaban J connectivity index is 1.35. The topological polar surface area (TPSA) is 79.3 Å². The van der Waals surface area contributed by atoms with E-state index in [0.717, 1.165) is 75.2 Å². The van der Waals surface area contributed by atoms with Gasteiger partial charge in [0.05, 0.1) is 21.3 Å².